The van der Waals surface area contributed by atoms with E-state index in [0.29, 0.717) is 23.7 Å². The number of phenolic OH excluding ortho intramolecular Hbond substituents is 1. The number of terminal acetylenes is 1. The quantitative estimate of drug-likeness (QED) is 0.102. The first-order valence-electron chi connectivity index (χ1n) is 15.7. The number of carbonyl (C=O) groups excluding carboxylic acids is 2. The van der Waals surface area contributed by atoms with Gasteiger partial charge in [-0.05, 0) is 88.3 Å². The van der Waals surface area contributed by atoms with Gasteiger partial charge in [-0.1, -0.05) is 42.3 Å². The van der Waals surface area contributed by atoms with Gasteiger partial charge in [-0.2, -0.15) is 0 Å². The summed E-state index contributed by atoms with van der Waals surface area (Å²) in [7, 11) is 0. The molecule has 248 valence electrons. The van der Waals surface area contributed by atoms with Gasteiger partial charge in [-0.3, -0.25) is 9.59 Å². The van der Waals surface area contributed by atoms with Gasteiger partial charge in [0.15, 0.2) is 0 Å². The fraction of sp³-hybridized carbons (Fsp3) is 0.316. The number of fused-ring (bicyclic) bond motifs is 4. The van der Waals surface area contributed by atoms with Crippen molar-refractivity contribution in [2.45, 2.75) is 18.6 Å². The summed E-state index contributed by atoms with van der Waals surface area (Å²) in [6.45, 7) is -0.694. The molecule has 3 N–H and O–H groups in total. The third kappa shape index (κ3) is 7.65. The highest BCUT2D eigenvalue weighted by atomic mass is 16.6. The van der Waals surface area contributed by atoms with Crippen LogP contribution in [0.2, 0.25) is 0 Å². The van der Waals surface area contributed by atoms with Crippen LogP contribution in [0.4, 0.5) is 0 Å². The summed E-state index contributed by atoms with van der Waals surface area (Å²) >= 11 is 0. The molecule has 0 amide bonds. The van der Waals surface area contributed by atoms with Gasteiger partial charge in [0.05, 0.1) is 11.8 Å². The van der Waals surface area contributed by atoms with Gasteiger partial charge in [0.2, 0.25) is 0 Å². The van der Waals surface area contributed by atoms with Crippen molar-refractivity contribution in [3.8, 4) is 35.3 Å². The van der Waals surface area contributed by atoms with E-state index in [9.17, 15) is 24.9 Å². The second-order valence-corrected chi connectivity index (χ2v) is 12.0. The average Bonchev–Trinajstić information content (AvgIpc) is 3.72. The van der Waals surface area contributed by atoms with Gasteiger partial charge in [-0.15, -0.1) is 6.42 Å². The predicted octanol–water partition coefficient (Wildman–Crippen LogP) is 4.41. The third-order valence-corrected chi connectivity index (χ3v) is 8.62. The van der Waals surface area contributed by atoms with Gasteiger partial charge in [0, 0.05) is 0 Å². The number of phenols is 1. The van der Waals surface area contributed by atoms with E-state index < -0.39 is 36.0 Å². The zero-order chi connectivity index (χ0) is 33.6. The Morgan fingerprint density at radius 2 is 1.12 bits per heavy atom. The molecule has 2 aliphatic rings. The van der Waals surface area contributed by atoms with Crippen LogP contribution in [0.1, 0.15) is 6.42 Å². The first-order valence-corrected chi connectivity index (χ1v) is 15.7. The molecule has 0 spiro atoms. The summed E-state index contributed by atoms with van der Waals surface area (Å²) < 4.78 is 27.8. The normalized spacial score (nSPS) is 20.6. The van der Waals surface area contributed by atoms with Crippen LogP contribution in [0, 0.1) is 36.0 Å². The Balaban J connectivity index is 0.966. The number of rotatable bonds is 14. The molecule has 4 aromatic rings. The lowest BCUT2D eigenvalue weighted by Crippen LogP contribution is -2.38. The molecule has 0 radical (unpaired) electrons. The van der Waals surface area contributed by atoms with E-state index in [1.165, 1.54) is 0 Å². The first kappa shape index (κ1) is 32.7. The van der Waals surface area contributed by atoms with Crippen LogP contribution in [-0.4, -0.2) is 72.5 Å². The maximum atomic E-state index is 13.2. The molecule has 48 heavy (non-hydrogen) atoms. The Bertz CT molecular complexity index is 1860. The lowest BCUT2D eigenvalue weighted by atomic mass is 9.83. The highest BCUT2D eigenvalue weighted by Crippen LogP contribution is 2.49. The molecule has 1 fully saturated rings. The third-order valence-electron chi connectivity index (χ3n) is 8.62. The van der Waals surface area contributed by atoms with Crippen molar-refractivity contribution in [2.24, 2.45) is 23.7 Å². The molecular weight excluding hydrogens is 616 g/mol. The van der Waals surface area contributed by atoms with E-state index in [2.05, 4.69) is 5.92 Å². The van der Waals surface area contributed by atoms with Gasteiger partial charge < -0.3 is 39.0 Å². The molecular formula is C38H36O10. The van der Waals surface area contributed by atoms with Crippen LogP contribution < -0.4 is 14.2 Å². The van der Waals surface area contributed by atoms with E-state index in [4.69, 9.17) is 30.1 Å². The molecule has 1 saturated carbocycles. The van der Waals surface area contributed by atoms with Crippen molar-refractivity contribution in [1.82, 2.24) is 0 Å². The molecule has 4 aromatic carbocycles. The minimum absolute atomic E-state index is 0.115. The zero-order valence-corrected chi connectivity index (χ0v) is 26.1. The summed E-state index contributed by atoms with van der Waals surface area (Å²) in [5, 5.41) is 34.2. The Hall–Kier alpha value is -5.24. The van der Waals surface area contributed by atoms with Gasteiger partial charge in [-0.25, -0.2) is 0 Å². The number of hydrogen-bond donors (Lipinski definition) is 3. The van der Waals surface area contributed by atoms with E-state index in [-0.39, 0.29) is 50.6 Å². The molecule has 10 heteroatoms. The number of aliphatic hydroxyl groups is 2. The predicted molar refractivity (Wildman–Crippen MR) is 177 cm³/mol. The first-order chi connectivity index (χ1) is 23.3. The van der Waals surface area contributed by atoms with Crippen molar-refractivity contribution >= 4 is 33.5 Å². The van der Waals surface area contributed by atoms with Gasteiger partial charge >= 0.3 is 11.9 Å². The maximum Gasteiger partial charge on any atom is 0.310 e. The summed E-state index contributed by atoms with van der Waals surface area (Å²) in [6.07, 6.45) is 7.50. The van der Waals surface area contributed by atoms with Crippen LogP contribution in [-0.2, 0) is 19.1 Å². The number of aliphatic hydroxyl groups excluding tert-OH is 2. The highest BCUT2D eigenvalue weighted by Gasteiger charge is 2.53. The van der Waals surface area contributed by atoms with Gasteiger partial charge in [0.25, 0.3) is 0 Å². The van der Waals surface area contributed by atoms with Crippen molar-refractivity contribution in [3.63, 3.8) is 0 Å². The van der Waals surface area contributed by atoms with Crippen LogP contribution in [0.25, 0.3) is 21.5 Å². The number of benzene rings is 4. The molecule has 6 unspecified atom stereocenters. The molecule has 2 bridgehead atoms. The number of hydrogen-bond acceptors (Lipinski definition) is 10. The number of aromatic hydroxyl groups is 1. The van der Waals surface area contributed by atoms with E-state index >= 15 is 0 Å². The number of allylic oxidation sites excluding steroid dienone is 2. The number of esters is 2. The summed E-state index contributed by atoms with van der Waals surface area (Å²) in [4.78, 5) is 26.3. The molecule has 2 aliphatic carbocycles. The largest absolute Gasteiger partial charge is 0.508 e. The lowest BCUT2D eigenvalue weighted by Gasteiger charge is -2.26. The highest BCUT2D eigenvalue weighted by molar-refractivity contribution is 5.86. The SMILES string of the molecule is C#CCOc1ccc2ccc(OCC(O)COC(=O)C3C4C=CC(C4)C3C(=O)OCC(O)COc3ccc4ccc(O)cc4c3)cc2c1. The van der Waals surface area contributed by atoms with Crippen LogP contribution in [0.3, 0.4) is 0 Å². The molecule has 0 heterocycles. The van der Waals surface area contributed by atoms with E-state index in [1.807, 2.05) is 48.6 Å². The summed E-state index contributed by atoms with van der Waals surface area (Å²) in [5.41, 5.74) is 0. The van der Waals surface area contributed by atoms with Crippen LogP contribution in [0.5, 0.6) is 23.0 Å². The zero-order valence-electron chi connectivity index (χ0n) is 26.1. The molecule has 0 saturated heterocycles. The molecule has 10 nitrogen and oxygen atoms in total. The average molecular weight is 653 g/mol. The Kier molecular flexibility index (Phi) is 9.99. The maximum absolute atomic E-state index is 13.2. The van der Waals surface area contributed by atoms with Crippen molar-refractivity contribution in [1.29, 1.82) is 0 Å². The van der Waals surface area contributed by atoms with Crippen molar-refractivity contribution in [2.75, 3.05) is 33.0 Å². The van der Waals surface area contributed by atoms with E-state index in [0.717, 1.165) is 21.5 Å². The standard InChI is InChI=1S/C38H36O10/c1-2-13-44-32-10-6-24-8-12-34(18-28(24)17-32)46-20-31(41)22-48-38(43)36-26-4-3-25(14-26)35(36)37(42)47-21-30(40)19-45-33-11-7-23-5-9-29(39)15-27(23)16-33/h1,3-12,15-18,25-26,30-31,35-36,39-41H,13-14,19-22H2. The minimum Gasteiger partial charge on any atom is -0.508 e. The Labute approximate surface area is 277 Å². The Morgan fingerprint density at radius 3 is 1.62 bits per heavy atom. The van der Waals surface area contributed by atoms with Crippen LogP contribution >= 0.6 is 0 Å². The topological polar surface area (TPSA) is 141 Å². The monoisotopic (exact) mass is 652 g/mol. The summed E-state index contributed by atoms with van der Waals surface area (Å²) in [5.74, 6) is 1.15. The molecule has 6 atom stereocenters. The smallest absolute Gasteiger partial charge is 0.310 e. The van der Waals surface area contributed by atoms with Crippen molar-refractivity contribution in [3.05, 3.63) is 84.9 Å². The number of carbonyl (C=O) groups is 2. The second kappa shape index (κ2) is 14.7. The minimum atomic E-state index is -1.10. The van der Waals surface area contributed by atoms with Crippen molar-refractivity contribution < 1.29 is 48.6 Å². The molecule has 6 rings (SSSR count). The fourth-order valence-electron chi connectivity index (χ4n) is 6.30. The van der Waals surface area contributed by atoms with E-state index in [1.54, 1.807) is 36.4 Å². The summed E-state index contributed by atoms with van der Waals surface area (Å²) in [6, 6.07) is 21.4. The number of ether oxygens (including phenoxy) is 5. The fourth-order valence-corrected chi connectivity index (χ4v) is 6.30. The second-order valence-electron chi connectivity index (χ2n) is 12.0. The lowest BCUT2D eigenvalue weighted by molar-refractivity contribution is -0.164. The van der Waals surface area contributed by atoms with Crippen LogP contribution in [0.15, 0.2) is 84.9 Å². The Morgan fingerprint density at radius 1 is 0.667 bits per heavy atom. The molecule has 0 aromatic heterocycles. The van der Waals surface area contributed by atoms with Gasteiger partial charge in [0.1, 0.15) is 68.2 Å². The molecule has 0 aliphatic heterocycles.